The maximum atomic E-state index is 12.4. The Morgan fingerprint density at radius 3 is 2.68 bits per heavy atom. The van der Waals surface area contributed by atoms with E-state index in [0.717, 1.165) is 25.0 Å². The molecule has 0 saturated heterocycles. The first-order valence-corrected chi connectivity index (χ1v) is 7.64. The lowest BCUT2D eigenvalue weighted by Crippen LogP contribution is -2.35. The summed E-state index contributed by atoms with van der Waals surface area (Å²) in [6, 6.07) is 6.68. The molecule has 1 aromatic carbocycles. The minimum absolute atomic E-state index is 0.102. The number of amides is 2. The lowest BCUT2D eigenvalue weighted by molar-refractivity contribution is -0.131. The minimum atomic E-state index is -0.564. The fourth-order valence-electron chi connectivity index (χ4n) is 2.62. The number of carbonyl (C=O) groups excluding carboxylic acids is 2. The average Bonchev–Trinajstić information content (AvgIpc) is 2.55. The van der Waals surface area contributed by atoms with Gasteiger partial charge in [-0.15, -0.1) is 0 Å². The van der Waals surface area contributed by atoms with Gasteiger partial charge in [-0.3, -0.25) is 9.59 Å². The molecule has 1 aromatic rings. The standard InChI is InChI=1S/C17H22N2O3/c1-2-19(13-8-4-3-5-9-13)16(20)12-22-15-11-7-6-10-14(15)17(18)21/h6-8,10-11H,2-5,9,12H2,1H3,(H2,18,21). The number of benzene rings is 1. The van der Waals surface area contributed by atoms with E-state index in [4.69, 9.17) is 10.5 Å². The summed E-state index contributed by atoms with van der Waals surface area (Å²) in [7, 11) is 0. The summed E-state index contributed by atoms with van der Waals surface area (Å²) in [6.45, 7) is 2.46. The maximum Gasteiger partial charge on any atom is 0.264 e. The van der Waals surface area contributed by atoms with E-state index in [0.29, 0.717) is 12.3 Å². The van der Waals surface area contributed by atoms with Gasteiger partial charge in [0.2, 0.25) is 0 Å². The van der Waals surface area contributed by atoms with Crippen LogP contribution < -0.4 is 10.5 Å². The van der Waals surface area contributed by atoms with Crippen molar-refractivity contribution in [2.45, 2.75) is 32.6 Å². The summed E-state index contributed by atoms with van der Waals surface area (Å²) in [5.41, 5.74) is 6.66. The predicted octanol–water partition coefficient (Wildman–Crippen LogP) is 2.47. The lowest BCUT2D eigenvalue weighted by Gasteiger charge is -2.26. The Kier molecular flexibility index (Phi) is 5.58. The van der Waals surface area contributed by atoms with Crippen molar-refractivity contribution in [1.29, 1.82) is 0 Å². The van der Waals surface area contributed by atoms with Crippen molar-refractivity contribution in [3.8, 4) is 5.75 Å². The maximum absolute atomic E-state index is 12.4. The number of para-hydroxylation sites is 1. The zero-order chi connectivity index (χ0) is 15.9. The Morgan fingerprint density at radius 2 is 2.05 bits per heavy atom. The molecule has 1 aliphatic carbocycles. The first-order valence-electron chi connectivity index (χ1n) is 7.64. The van der Waals surface area contributed by atoms with Crippen LogP contribution >= 0.6 is 0 Å². The Morgan fingerprint density at radius 1 is 1.27 bits per heavy atom. The Balaban J connectivity index is 2.02. The molecule has 0 spiro atoms. The molecule has 2 rings (SSSR count). The van der Waals surface area contributed by atoms with Gasteiger partial charge in [0, 0.05) is 12.2 Å². The smallest absolute Gasteiger partial charge is 0.264 e. The van der Waals surface area contributed by atoms with Gasteiger partial charge in [0.1, 0.15) is 5.75 Å². The topological polar surface area (TPSA) is 72.6 Å². The molecule has 0 radical (unpaired) electrons. The van der Waals surface area contributed by atoms with Gasteiger partial charge in [0.25, 0.3) is 11.8 Å². The number of nitrogens with zero attached hydrogens (tertiary/aromatic N) is 1. The summed E-state index contributed by atoms with van der Waals surface area (Å²) >= 11 is 0. The third-order valence-electron chi connectivity index (χ3n) is 3.73. The molecule has 0 fully saturated rings. The number of primary amides is 1. The highest BCUT2D eigenvalue weighted by molar-refractivity contribution is 5.95. The fourth-order valence-corrected chi connectivity index (χ4v) is 2.62. The number of likely N-dealkylation sites (N-methyl/N-ethyl adjacent to an activating group) is 1. The summed E-state index contributed by atoms with van der Waals surface area (Å²) in [6.07, 6.45) is 6.36. The van der Waals surface area contributed by atoms with Gasteiger partial charge in [-0.05, 0) is 44.7 Å². The van der Waals surface area contributed by atoms with Gasteiger partial charge in [-0.2, -0.15) is 0 Å². The van der Waals surface area contributed by atoms with Crippen LogP contribution in [-0.2, 0) is 4.79 Å². The molecule has 5 nitrogen and oxygen atoms in total. The van der Waals surface area contributed by atoms with E-state index in [1.807, 2.05) is 6.92 Å². The molecule has 118 valence electrons. The fraction of sp³-hybridized carbons (Fsp3) is 0.412. The molecule has 1 aliphatic rings. The Labute approximate surface area is 130 Å². The zero-order valence-corrected chi connectivity index (χ0v) is 12.9. The molecule has 0 aliphatic heterocycles. The molecule has 22 heavy (non-hydrogen) atoms. The third-order valence-corrected chi connectivity index (χ3v) is 3.73. The molecule has 0 atom stereocenters. The monoisotopic (exact) mass is 302 g/mol. The van der Waals surface area contributed by atoms with Gasteiger partial charge in [-0.25, -0.2) is 0 Å². The van der Waals surface area contributed by atoms with Gasteiger partial charge in [0.15, 0.2) is 6.61 Å². The highest BCUT2D eigenvalue weighted by atomic mass is 16.5. The van der Waals surface area contributed by atoms with E-state index in [1.54, 1.807) is 29.2 Å². The predicted molar refractivity (Wildman–Crippen MR) is 84.4 cm³/mol. The van der Waals surface area contributed by atoms with Crippen molar-refractivity contribution in [3.63, 3.8) is 0 Å². The molecular weight excluding hydrogens is 280 g/mol. The van der Waals surface area contributed by atoms with Crippen LogP contribution in [-0.4, -0.2) is 29.9 Å². The van der Waals surface area contributed by atoms with E-state index in [9.17, 15) is 9.59 Å². The van der Waals surface area contributed by atoms with E-state index in [2.05, 4.69) is 6.08 Å². The van der Waals surface area contributed by atoms with Crippen molar-refractivity contribution in [3.05, 3.63) is 41.6 Å². The lowest BCUT2D eigenvalue weighted by atomic mass is 10.0. The molecule has 0 saturated carbocycles. The number of hydrogen-bond donors (Lipinski definition) is 1. The Bertz CT molecular complexity index is 581. The van der Waals surface area contributed by atoms with Gasteiger partial charge < -0.3 is 15.4 Å². The minimum Gasteiger partial charge on any atom is -0.483 e. The second-order valence-corrected chi connectivity index (χ2v) is 5.23. The van der Waals surface area contributed by atoms with Crippen molar-refractivity contribution >= 4 is 11.8 Å². The van der Waals surface area contributed by atoms with Crippen LogP contribution in [0.2, 0.25) is 0 Å². The van der Waals surface area contributed by atoms with Gasteiger partial charge in [0.05, 0.1) is 5.56 Å². The molecule has 2 N–H and O–H groups in total. The van der Waals surface area contributed by atoms with Crippen molar-refractivity contribution in [2.24, 2.45) is 5.73 Å². The molecule has 0 heterocycles. The highest BCUT2D eigenvalue weighted by Crippen LogP contribution is 2.22. The van der Waals surface area contributed by atoms with Crippen molar-refractivity contribution in [1.82, 2.24) is 4.90 Å². The van der Waals surface area contributed by atoms with E-state index in [-0.39, 0.29) is 18.1 Å². The second-order valence-electron chi connectivity index (χ2n) is 5.23. The largest absolute Gasteiger partial charge is 0.483 e. The number of rotatable bonds is 6. The molecule has 5 heteroatoms. The number of hydrogen-bond acceptors (Lipinski definition) is 3. The molecule has 0 unspecified atom stereocenters. The average molecular weight is 302 g/mol. The summed E-state index contributed by atoms with van der Waals surface area (Å²) in [5.74, 6) is -0.322. The van der Waals surface area contributed by atoms with Crippen LogP contribution in [0.4, 0.5) is 0 Å². The van der Waals surface area contributed by atoms with E-state index >= 15 is 0 Å². The van der Waals surface area contributed by atoms with Crippen LogP contribution in [0, 0.1) is 0 Å². The van der Waals surface area contributed by atoms with Crippen LogP contribution in [0.3, 0.4) is 0 Å². The number of carbonyl (C=O) groups is 2. The molecule has 2 amide bonds. The first kappa shape index (κ1) is 16.1. The normalized spacial score (nSPS) is 14.1. The molecule has 0 aromatic heterocycles. The number of allylic oxidation sites excluding steroid dienone is 2. The van der Waals surface area contributed by atoms with Crippen LogP contribution in [0.1, 0.15) is 43.0 Å². The van der Waals surface area contributed by atoms with E-state index in [1.165, 1.54) is 6.42 Å². The van der Waals surface area contributed by atoms with Crippen molar-refractivity contribution in [2.75, 3.05) is 13.2 Å². The van der Waals surface area contributed by atoms with Gasteiger partial charge in [-0.1, -0.05) is 18.2 Å². The quantitative estimate of drug-likeness (QED) is 0.877. The highest BCUT2D eigenvalue weighted by Gasteiger charge is 2.19. The summed E-state index contributed by atoms with van der Waals surface area (Å²) in [4.78, 5) is 25.5. The number of ether oxygens (including phenoxy) is 1. The summed E-state index contributed by atoms with van der Waals surface area (Å²) < 4.78 is 5.51. The molecular formula is C17H22N2O3. The third kappa shape index (κ3) is 3.87. The van der Waals surface area contributed by atoms with Crippen LogP contribution in [0.5, 0.6) is 5.75 Å². The van der Waals surface area contributed by atoms with Crippen LogP contribution in [0.15, 0.2) is 36.0 Å². The Hall–Kier alpha value is -2.30. The molecule has 0 bridgehead atoms. The van der Waals surface area contributed by atoms with E-state index < -0.39 is 5.91 Å². The SMILES string of the molecule is CCN(C(=O)COc1ccccc1C(N)=O)C1=CCCCC1. The van der Waals surface area contributed by atoms with Crippen LogP contribution in [0.25, 0.3) is 0 Å². The van der Waals surface area contributed by atoms with Gasteiger partial charge >= 0.3 is 0 Å². The number of nitrogens with two attached hydrogens (primary N) is 1. The second kappa shape index (κ2) is 7.64. The van der Waals surface area contributed by atoms with Crippen molar-refractivity contribution < 1.29 is 14.3 Å². The summed E-state index contributed by atoms with van der Waals surface area (Å²) in [5, 5.41) is 0. The zero-order valence-electron chi connectivity index (χ0n) is 12.9. The first-order chi connectivity index (χ1) is 10.6.